The standard InChI is InChI=1S/C28H45N3O3/c1-27(2)23-19-22(32)9-8-21(23)18-24(34-4)26(27)29-13-12-28(10-6-5-7-11-28)20-25(33)31-16-14-30(3)15-17-31/h8-9,19,24,26,29,32H,5-7,10-18,20H2,1-4H3. The van der Waals surface area contributed by atoms with Crippen molar-refractivity contribution in [3.8, 4) is 5.75 Å². The molecule has 1 aromatic carbocycles. The lowest BCUT2D eigenvalue weighted by atomic mass is 9.67. The highest BCUT2D eigenvalue weighted by Crippen LogP contribution is 2.44. The van der Waals surface area contributed by atoms with E-state index in [1.165, 1.54) is 30.4 Å². The van der Waals surface area contributed by atoms with Gasteiger partial charge in [-0.25, -0.2) is 0 Å². The molecule has 1 heterocycles. The van der Waals surface area contributed by atoms with Crippen LogP contribution in [0.3, 0.4) is 0 Å². The Labute approximate surface area is 206 Å². The lowest BCUT2D eigenvalue weighted by Gasteiger charge is -2.46. The number of fused-ring (bicyclic) bond motifs is 1. The zero-order chi connectivity index (χ0) is 24.3. The number of carbonyl (C=O) groups excluding carboxylic acids is 1. The Morgan fingerprint density at radius 3 is 2.53 bits per heavy atom. The summed E-state index contributed by atoms with van der Waals surface area (Å²) >= 11 is 0. The number of nitrogens with zero attached hydrogens (tertiary/aromatic N) is 2. The van der Waals surface area contributed by atoms with Gasteiger partial charge in [-0.2, -0.15) is 0 Å². The molecule has 190 valence electrons. The summed E-state index contributed by atoms with van der Waals surface area (Å²) in [6.07, 6.45) is 8.73. The average molecular weight is 472 g/mol. The van der Waals surface area contributed by atoms with Crippen LogP contribution in [0.2, 0.25) is 0 Å². The second-order valence-electron chi connectivity index (χ2n) is 11.6. The number of methoxy groups -OCH3 is 1. The molecule has 6 heteroatoms. The Morgan fingerprint density at radius 2 is 1.85 bits per heavy atom. The molecule has 6 nitrogen and oxygen atoms in total. The molecule has 4 rings (SSSR count). The van der Waals surface area contributed by atoms with Crippen LogP contribution >= 0.6 is 0 Å². The number of phenols is 1. The van der Waals surface area contributed by atoms with Crippen molar-refractivity contribution in [3.05, 3.63) is 29.3 Å². The van der Waals surface area contributed by atoms with Crippen LogP contribution in [0.4, 0.5) is 0 Å². The van der Waals surface area contributed by atoms with E-state index in [-0.39, 0.29) is 23.0 Å². The fourth-order valence-corrected chi connectivity index (χ4v) is 6.71. The lowest BCUT2D eigenvalue weighted by Crippen LogP contribution is -2.57. The van der Waals surface area contributed by atoms with Crippen LogP contribution < -0.4 is 5.32 Å². The van der Waals surface area contributed by atoms with Crippen LogP contribution in [0.5, 0.6) is 5.75 Å². The highest BCUT2D eigenvalue weighted by molar-refractivity contribution is 5.77. The number of amides is 1. The third-order valence-corrected chi connectivity index (χ3v) is 8.98. The Kier molecular flexibility index (Phi) is 7.90. The van der Waals surface area contributed by atoms with E-state index in [9.17, 15) is 9.90 Å². The largest absolute Gasteiger partial charge is 0.508 e. The summed E-state index contributed by atoms with van der Waals surface area (Å²) in [5.41, 5.74) is 2.41. The molecule has 3 aliphatic rings. The second-order valence-corrected chi connectivity index (χ2v) is 11.6. The number of hydrogen-bond acceptors (Lipinski definition) is 5. The van der Waals surface area contributed by atoms with Gasteiger partial charge < -0.3 is 25.0 Å². The molecule has 1 saturated carbocycles. The predicted octanol–water partition coefficient (Wildman–Crippen LogP) is 3.70. The molecular formula is C28H45N3O3. The predicted molar refractivity (Wildman–Crippen MR) is 136 cm³/mol. The van der Waals surface area contributed by atoms with Crippen molar-refractivity contribution in [1.29, 1.82) is 0 Å². The van der Waals surface area contributed by atoms with E-state index < -0.39 is 0 Å². The Morgan fingerprint density at radius 1 is 1.15 bits per heavy atom. The van der Waals surface area contributed by atoms with Gasteiger partial charge in [0.15, 0.2) is 0 Å². The summed E-state index contributed by atoms with van der Waals surface area (Å²) in [6.45, 7) is 9.07. The first-order valence-electron chi connectivity index (χ1n) is 13.3. The maximum Gasteiger partial charge on any atom is 0.223 e. The third kappa shape index (κ3) is 5.44. The summed E-state index contributed by atoms with van der Waals surface area (Å²) < 4.78 is 5.96. The number of rotatable bonds is 7. The Balaban J connectivity index is 1.43. The van der Waals surface area contributed by atoms with Crippen LogP contribution in [-0.4, -0.2) is 79.8 Å². The van der Waals surface area contributed by atoms with Crippen molar-refractivity contribution < 1.29 is 14.6 Å². The topological polar surface area (TPSA) is 65.0 Å². The van der Waals surface area contributed by atoms with Crippen molar-refractivity contribution >= 4 is 5.91 Å². The minimum absolute atomic E-state index is 0.0846. The van der Waals surface area contributed by atoms with E-state index in [0.29, 0.717) is 18.1 Å². The summed E-state index contributed by atoms with van der Waals surface area (Å²) in [5, 5.41) is 14.0. The van der Waals surface area contributed by atoms with Crippen molar-refractivity contribution in [2.24, 2.45) is 5.41 Å². The molecule has 2 N–H and O–H groups in total. The van der Waals surface area contributed by atoms with E-state index in [1.54, 1.807) is 13.2 Å². The van der Waals surface area contributed by atoms with Gasteiger partial charge in [-0.05, 0) is 61.5 Å². The van der Waals surface area contributed by atoms with Crippen molar-refractivity contribution in [3.63, 3.8) is 0 Å². The summed E-state index contributed by atoms with van der Waals surface area (Å²) in [7, 11) is 3.94. The van der Waals surface area contributed by atoms with Crippen LogP contribution in [0.15, 0.2) is 18.2 Å². The van der Waals surface area contributed by atoms with Crippen molar-refractivity contribution in [1.82, 2.24) is 15.1 Å². The van der Waals surface area contributed by atoms with Gasteiger partial charge in [0.1, 0.15) is 5.75 Å². The van der Waals surface area contributed by atoms with E-state index in [4.69, 9.17) is 4.74 Å². The van der Waals surface area contributed by atoms with Gasteiger partial charge >= 0.3 is 0 Å². The van der Waals surface area contributed by atoms with Gasteiger partial charge in [-0.1, -0.05) is 39.2 Å². The fourth-order valence-electron chi connectivity index (χ4n) is 6.71. The molecule has 2 fully saturated rings. The molecule has 1 saturated heterocycles. The Hall–Kier alpha value is -1.63. The molecule has 0 bridgehead atoms. The molecule has 34 heavy (non-hydrogen) atoms. The molecule has 1 aromatic rings. The number of carbonyl (C=O) groups is 1. The number of piperazine rings is 1. The highest BCUT2D eigenvalue weighted by atomic mass is 16.5. The average Bonchev–Trinajstić information content (AvgIpc) is 2.82. The van der Waals surface area contributed by atoms with E-state index in [0.717, 1.165) is 58.4 Å². The molecule has 2 unspecified atom stereocenters. The smallest absolute Gasteiger partial charge is 0.223 e. The molecule has 1 aliphatic heterocycles. The lowest BCUT2D eigenvalue weighted by molar-refractivity contribution is -0.136. The number of aromatic hydroxyl groups is 1. The molecule has 2 atom stereocenters. The first-order valence-corrected chi connectivity index (χ1v) is 13.3. The molecule has 0 spiro atoms. The van der Waals surface area contributed by atoms with E-state index in [1.807, 2.05) is 12.1 Å². The number of ether oxygens (including phenoxy) is 1. The normalized spacial score (nSPS) is 26.8. The number of benzene rings is 1. The number of phenolic OH excluding ortho intramolecular Hbond substituents is 1. The van der Waals surface area contributed by atoms with Gasteiger partial charge in [-0.15, -0.1) is 0 Å². The third-order valence-electron chi connectivity index (χ3n) is 8.98. The molecule has 2 aliphatic carbocycles. The Bertz CT molecular complexity index is 841. The van der Waals surface area contributed by atoms with Crippen LogP contribution in [-0.2, 0) is 21.4 Å². The van der Waals surface area contributed by atoms with Crippen LogP contribution in [0, 0.1) is 5.41 Å². The highest BCUT2D eigenvalue weighted by Gasteiger charge is 2.43. The summed E-state index contributed by atoms with van der Waals surface area (Å²) in [4.78, 5) is 17.7. The molecule has 0 radical (unpaired) electrons. The first kappa shape index (κ1) is 25.5. The van der Waals surface area contributed by atoms with Gasteiger partial charge in [0.2, 0.25) is 5.91 Å². The van der Waals surface area contributed by atoms with Crippen molar-refractivity contribution in [2.45, 2.75) is 82.8 Å². The summed E-state index contributed by atoms with van der Waals surface area (Å²) in [6, 6.07) is 5.89. The van der Waals surface area contributed by atoms with Gasteiger partial charge in [0.05, 0.1) is 6.10 Å². The maximum atomic E-state index is 13.3. The van der Waals surface area contributed by atoms with Gasteiger partial charge in [-0.3, -0.25) is 4.79 Å². The summed E-state index contributed by atoms with van der Waals surface area (Å²) in [5.74, 6) is 0.678. The maximum absolute atomic E-state index is 13.3. The number of nitrogens with one attached hydrogen (secondary N) is 1. The minimum atomic E-state index is -0.164. The molecule has 1 amide bonds. The first-order chi connectivity index (χ1) is 16.2. The van der Waals surface area contributed by atoms with Crippen LogP contribution in [0.25, 0.3) is 0 Å². The fraction of sp³-hybridized carbons (Fsp3) is 0.750. The molecular weight excluding hydrogens is 426 g/mol. The minimum Gasteiger partial charge on any atom is -0.508 e. The van der Waals surface area contributed by atoms with E-state index in [2.05, 4.69) is 36.0 Å². The van der Waals surface area contributed by atoms with Gasteiger partial charge in [0, 0.05) is 57.6 Å². The SMILES string of the molecule is COC1Cc2ccc(O)cc2C(C)(C)C1NCCC1(CC(=O)N2CCN(C)CC2)CCCCC1. The van der Waals surface area contributed by atoms with E-state index >= 15 is 0 Å². The number of likely N-dealkylation sites (N-methyl/N-ethyl adjacent to an activating group) is 1. The zero-order valence-electron chi connectivity index (χ0n) is 21.7. The van der Waals surface area contributed by atoms with Crippen molar-refractivity contribution in [2.75, 3.05) is 46.9 Å². The quantitative estimate of drug-likeness (QED) is 0.635. The number of hydrogen-bond donors (Lipinski definition) is 2. The van der Waals surface area contributed by atoms with Gasteiger partial charge in [0.25, 0.3) is 0 Å². The van der Waals surface area contributed by atoms with Crippen LogP contribution in [0.1, 0.15) is 69.9 Å². The monoisotopic (exact) mass is 471 g/mol. The second kappa shape index (κ2) is 10.5. The zero-order valence-corrected chi connectivity index (χ0v) is 21.7. The molecule has 0 aromatic heterocycles.